The molecule has 1 amide bonds. The third kappa shape index (κ3) is 4.79. The molecule has 0 fully saturated rings. The van der Waals surface area contributed by atoms with Crippen molar-refractivity contribution in [2.45, 2.75) is 33.4 Å². The lowest BCUT2D eigenvalue weighted by Gasteiger charge is -2.27. The number of nitrogens with zero attached hydrogens (tertiary/aromatic N) is 2. The van der Waals surface area contributed by atoms with Crippen LogP contribution in [0.2, 0.25) is 0 Å². The predicted octanol–water partition coefficient (Wildman–Crippen LogP) is 3.72. The van der Waals surface area contributed by atoms with E-state index in [0.717, 1.165) is 5.56 Å². The summed E-state index contributed by atoms with van der Waals surface area (Å²) in [6, 6.07) is 14.3. The van der Waals surface area contributed by atoms with E-state index in [1.807, 2.05) is 44.2 Å². The molecule has 0 saturated carbocycles. The lowest BCUT2D eigenvalue weighted by atomic mass is 10.2. The van der Waals surface area contributed by atoms with Gasteiger partial charge in [-0.15, -0.1) is 0 Å². The minimum absolute atomic E-state index is 0.0162. The summed E-state index contributed by atoms with van der Waals surface area (Å²) in [5.41, 5.74) is 1.44. The predicted molar refractivity (Wildman–Crippen MR) is 95.5 cm³/mol. The Labute approximate surface area is 147 Å². The van der Waals surface area contributed by atoms with Crippen molar-refractivity contribution in [3.05, 3.63) is 69.8 Å². The van der Waals surface area contributed by atoms with Gasteiger partial charge in [0.05, 0.1) is 10.5 Å². The minimum atomic E-state index is -0.458. The van der Waals surface area contributed by atoms with Gasteiger partial charge in [-0.05, 0) is 32.4 Å². The molecule has 6 heteroatoms. The molecule has 0 spiro atoms. The molecule has 0 aliphatic carbocycles. The Bertz CT molecular complexity index is 744. The molecule has 2 aromatic carbocycles. The summed E-state index contributed by atoms with van der Waals surface area (Å²) in [4.78, 5) is 24.8. The molecule has 6 nitrogen and oxygen atoms in total. The Morgan fingerprint density at radius 1 is 1.16 bits per heavy atom. The standard InChI is InChI=1S/C19H22N2O4/c1-14(2)20(12-16-8-5-4-6-9-16)19(22)13-25-18-11-7-10-17(15(18)3)21(23)24/h4-11,14H,12-13H2,1-3H3. The van der Waals surface area contributed by atoms with E-state index in [9.17, 15) is 14.9 Å². The van der Waals surface area contributed by atoms with Gasteiger partial charge in [0.2, 0.25) is 0 Å². The Morgan fingerprint density at radius 2 is 1.84 bits per heavy atom. The zero-order valence-corrected chi connectivity index (χ0v) is 14.6. The molecule has 2 aromatic rings. The first-order chi connectivity index (χ1) is 11.9. The van der Waals surface area contributed by atoms with Crippen molar-refractivity contribution in [2.24, 2.45) is 0 Å². The SMILES string of the molecule is Cc1c(OCC(=O)N(Cc2ccccc2)C(C)C)cccc1[N+](=O)[O-]. The van der Waals surface area contributed by atoms with Crippen LogP contribution in [0.5, 0.6) is 5.75 Å². The van der Waals surface area contributed by atoms with Crippen molar-refractivity contribution < 1.29 is 14.5 Å². The van der Waals surface area contributed by atoms with Crippen molar-refractivity contribution >= 4 is 11.6 Å². The maximum absolute atomic E-state index is 12.6. The molecule has 132 valence electrons. The average molecular weight is 342 g/mol. The highest BCUT2D eigenvalue weighted by atomic mass is 16.6. The van der Waals surface area contributed by atoms with Crippen LogP contribution in [0.4, 0.5) is 5.69 Å². The number of hydrogen-bond acceptors (Lipinski definition) is 4. The van der Waals surface area contributed by atoms with Gasteiger partial charge < -0.3 is 9.64 Å². The van der Waals surface area contributed by atoms with Crippen LogP contribution >= 0.6 is 0 Å². The maximum atomic E-state index is 12.6. The first kappa shape index (κ1) is 18.4. The van der Waals surface area contributed by atoms with E-state index in [4.69, 9.17) is 4.74 Å². The van der Waals surface area contributed by atoms with Crippen molar-refractivity contribution in [3.8, 4) is 5.75 Å². The molecule has 2 rings (SSSR count). The Kier molecular flexibility index (Phi) is 6.11. The summed E-state index contributed by atoms with van der Waals surface area (Å²) in [6.07, 6.45) is 0. The first-order valence-electron chi connectivity index (χ1n) is 8.10. The molecule has 0 unspecified atom stereocenters. The van der Waals surface area contributed by atoms with Gasteiger partial charge >= 0.3 is 0 Å². The highest BCUT2D eigenvalue weighted by Gasteiger charge is 2.20. The van der Waals surface area contributed by atoms with Crippen molar-refractivity contribution in [3.63, 3.8) is 0 Å². The summed E-state index contributed by atoms with van der Waals surface area (Å²) >= 11 is 0. The van der Waals surface area contributed by atoms with E-state index < -0.39 is 4.92 Å². The van der Waals surface area contributed by atoms with E-state index in [1.165, 1.54) is 6.07 Å². The Hall–Kier alpha value is -2.89. The molecular weight excluding hydrogens is 320 g/mol. The molecular formula is C19H22N2O4. The second-order valence-corrected chi connectivity index (χ2v) is 6.05. The lowest BCUT2D eigenvalue weighted by Crippen LogP contribution is -2.39. The third-order valence-corrected chi connectivity index (χ3v) is 3.94. The summed E-state index contributed by atoms with van der Waals surface area (Å²) < 4.78 is 5.56. The summed E-state index contributed by atoms with van der Waals surface area (Å²) in [5, 5.41) is 11.0. The molecule has 0 atom stereocenters. The van der Waals surface area contributed by atoms with Gasteiger partial charge in [0.15, 0.2) is 6.61 Å². The number of carbonyl (C=O) groups is 1. The van der Waals surface area contributed by atoms with Crippen LogP contribution in [0.15, 0.2) is 48.5 Å². The first-order valence-corrected chi connectivity index (χ1v) is 8.10. The van der Waals surface area contributed by atoms with E-state index in [2.05, 4.69) is 0 Å². The Morgan fingerprint density at radius 3 is 2.44 bits per heavy atom. The van der Waals surface area contributed by atoms with Crippen LogP contribution in [0, 0.1) is 17.0 Å². The zero-order chi connectivity index (χ0) is 18.4. The largest absolute Gasteiger partial charge is 0.483 e. The fourth-order valence-electron chi connectivity index (χ4n) is 2.52. The van der Waals surface area contributed by atoms with Crippen molar-refractivity contribution in [1.29, 1.82) is 0 Å². The minimum Gasteiger partial charge on any atom is -0.483 e. The molecule has 0 aliphatic rings. The summed E-state index contributed by atoms with van der Waals surface area (Å²) in [5.74, 6) is 0.190. The number of nitro benzene ring substituents is 1. The second-order valence-electron chi connectivity index (χ2n) is 6.05. The topological polar surface area (TPSA) is 72.7 Å². The van der Waals surface area contributed by atoms with Crippen LogP contribution in [0.3, 0.4) is 0 Å². The summed E-state index contributed by atoms with van der Waals surface area (Å²) in [7, 11) is 0. The highest BCUT2D eigenvalue weighted by molar-refractivity contribution is 5.78. The molecule has 0 heterocycles. The highest BCUT2D eigenvalue weighted by Crippen LogP contribution is 2.27. The quantitative estimate of drug-likeness (QED) is 0.568. The molecule has 0 aromatic heterocycles. The second kappa shape index (κ2) is 8.28. The number of carbonyl (C=O) groups excluding carboxylic acids is 1. The molecule has 0 N–H and O–H groups in total. The van der Waals surface area contributed by atoms with Gasteiger partial charge in [-0.3, -0.25) is 14.9 Å². The Balaban J connectivity index is 2.07. The molecule has 0 bridgehead atoms. The smallest absolute Gasteiger partial charge is 0.276 e. The lowest BCUT2D eigenvalue weighted by molar-refractivity contribution is -0.385. The van der Waals surface area contributed by atoms with Crippen molar-refractivity contribution in [1.82, 2.24) is 4.90 Å². The number of nitro groups is 1. The van der Waals surface area contributed by atoms with Crippen LogP contribution < -0.4 is 4.74 Å². The van der Waals surface area contributed by atoms with E-state index in [0.29, 0.717) is 17.9 Å². The van der Waals surface area contributed by atoms with Gasteiger partial charge in [0.25, 0.3) is 11.6 Å². The van der Waals surface area contributed by atoms with Crippen molar-refractivity contribution in [2.75, 3.05) is 6.61 Å². The normalized spacial score (nSPS) is 10.6. The summed E-state index contributed by atoms with van der Waals surface area (Å²) in [6.45, 7) is 5.84. The van der Waals surface area contributed by atoms with Crippen LogP contribution in [0.1, 0.15) is 25.0 Å². The molecule has 0 radical (unpaired) electrons. The monoisotopic (exact) mass is 342 g/mol. The molecule has 25 heavy (non-hydrogen) atoms. The maximum Gasteiger partial charge on any atom is 0.276 e. The van der Waals surface area contributed by atoms with Crippen LogP contribution in [-0.2, 0) is 11.3 Å². The van der Waals surface area contributed by atoms with Gasteiger partial charge in [-0.25, -0.2) is 0 Å². The third-order valence-electron chi connectivity index (χ3n) is 3.94. The fraction of sp³-hybridized carbons (Fsp3) is 0.316. The van der Waals surface area contributed by atoms with Crippen LogP contribution in [0.25, 0.3) is 0 Å². The number of rotatable bonds is 7. The van der Waals surface area contributed by atoms with E-state index in [-0.39, 0.29) is 24.2 Å². The number of hydrogen-bond donors (Lipinski definition) is 0. The molecule has 0 aliphatic heterocycles. The van der Waals surface area contributed by atoms with Gasteiger partial charge in [-0.1, -0.05) is 36.4 Å². The van der Waals surface area contributed by atoms with Crippen LogP contribution in [-0.4, -0.2) is 28.4 Å². The fourth-order valence-corrected chi connectivity index (χ4v) is 2.52. The number of ether oxygens (including phenoxy) is 1. The zero-order valence-electron chi connectivity index (χ0n) is 14.6. The van der Waals surface area contributed by atoms with E-state index >= 15 is 0 Å². The van der Waals surface area contributed by atoms with Gasteiger partial charge in [0, 0.05) is 18.7 Å². The number of benzene rings is 2. The van der Waals surface area contributed by atoms with Gasteiger partial charge in [0.1, 0.15) is 5.75 Å². The number of amides is 1. The average Bonchev–Trinajstić information content (AvgIpc) is 2.59. The van der Waals surface area contributed by atoms with Gasteiger partial charge in [-0.2, -0.15) is 0 Å². The van der Waals surface area contributed by atoms with E-state index in [1.54, 1.807) is 24.0 Å². The molecule has 0 saturated heterocycles.